The van der Waals surface area contributed by atoms with Crippen molar-refractivity contribution in [2.45, 2.75) is 25.6 Å². The summed E-state index contributed by atoms with van der Waals surface area (Å²) < 4.78 is 10.7. The molecule has 0 bridgehead atoms. The fraction of sp³-hybridized carbons (Fsp3) is 0.267. The zero-order valence-electron chi connectivity index (χ0n) is 11.5. The van der Waals surface area contributed by atoms with Crippen molar-refractivity contribution >= 4 is 11.6 Å². The van der Waals surface area contributed by atoms with Crippen LogP contribution in [0.5, 0.6) is 0 Å². The molecule has 0 atom stereocenters. The lowest BCUT2D eigenvalue weighted by Gasteiger charge is -1.93. The van der Waals surface area contributed by atoms with Crippen LogP contribution in [-0.2, 0) is 18.7 Å². The van der Waals surface area contributed by atoms with Gasteiger partial charge in [-0.2, -0.15) is 4.98 Å². The fourth-order valence-electron chi connectivity index (χ4n) is 2.04. The number of aromatic nitrogens is 3. The third-order valence-corrected chi connectivity index (χ3v) is 3.35. The second kappa shape index (κ2) is 6.10. The highest BCUT2D eigenvalue weighted by molar-refractivity contribution is 6.16. The summed E-state index contributed by atoms with van der Waals surface area (Å²) >= 11 is 5.63. The Balaban J connectivity index is 1.73. The van der Waals surface area contributed by atoms with E-state index in [0.717, 1.165) is 17.0 Å². The van der Waals surface area contributed by atoms with Gasteiger partial charge >= 0.3 is 0 Å². The number of alkyl halides is 1. The number of hydrogen-bond donors (Lipinski definition) is 0. The van der Waals surface area contributed by atoms with Gasteiger partial charge in [0.2, 0.25) is 11.8 Å². The Hall–Kier alpha value is -2.14. The van der Waals surface area contributed by atoms with Crippen molar-refractivity contribution in [3.63, 3.8) is 0 Å². The van der Waals surface area contributed by atoms with Crippen LogP contribution in [0.4, 0.5) is 0 Å². The second-order valence-corrected chi connectivity index (χ2v) is 4.89. The average molecular weight is 304 g/mol. The topological polar surface area (TPSA) is 65.0 Å². The minimum Gasteiger partial charge on any atom is -0.441 e. The summed E-state index contributed by atoms with van der Waals surface area (Å²) in [7, 11) is 0. The highest BCUT2D eigenvalue weighted by atomic mass is 35.5. The summed E-state index contributed by atoms with van der Waals surface area (Å²) in [5.74, 6) is 2.75. The molecule has 3 rings (SSSR count). The number of aryl methyl sites for hydroxylation is 3. The van der Waals surface area contributed by atoms with E-state index in [1.807, 2.05) is 37.3 Å². The maximum Gasteiger partial charge on any atom is 0.241 e. The van der Waals surface area contributed by atoms with Gasteiger partial charge in [0, 0.05) is 18.4 Å². The lowest BCUT2D eigenvalue weighted by molar-refractivity contribution is 0.384. The van der Waals surface area contributed by atoms with E-state index in [1.54, 1.807) is 0 Å². The van der Waals surface area contributed by atoms with E-state index < -0.39 is 0 Å². The Kier molecular flexibility index (Phi) is 4.01. The number of halogens is 1. The van der Waals surface area contributed by atoms with Crippen LogP contribution in [0.2, 0.25) is 0 Å². The molecule has 1 aromatic carbocycles. The van der Waals surface area contributed by atoms with Crippen molar-refractivity contribution in [1.82, 2.24) is 15.1 Å². The van der Waals surface area contributed by atoms with Gasteiger partial charge in [0.25, 0.3) is 0 Å². The zero-order valence-corrected chi connectivity index (χ0v) is 12.3. The maximum absolute atomic E-state index is 5.72. The number of hydrogen-bond acceptors (Lipinski definition) is 5. The molecule has 21 heavy (non-hydrogen) atoms. The molecule has 0 N–H and O–H groups in total. The average Bonchev–Trinajstić information content (AvgIpc) is 3.12. The molecule has 3 aromatic rings. The molecule has 0 radical (unpaired) electrons. The molecular weight excluding hydrogens is 290 g/mol. The van der Waals surface area contributed by atoms with Crippen molar-refractivity contribution in [2.75, 3.05) is 0 Å². The van der Waals surface area contributed by atoms with E-state index >= 15 is 0 Å². The normalized spacial score (nSPS) is 11.0. The highest BCUT2D eigenvalue weighted by Crippen LogP contribution is 2.22. The molecule has 0 aliphatic rings. The standard InChI is InChI=1S/C15H14ClN3O2/c1-10-12(7-8-13-18-14(9-16)21-19-13)17-15(20-10)11-5-3-2-4-6-11/h2-6H,7-9H2,1H3. The third kappa shape index (κ3) is 3.13. The van der Waals surface area contributed by atoms with Crippen LogP contribution in [0.15, 0.2) is 39.3 Å². The van der Waals surface area contributed by atoms with Crippen molar-refractivity contribution in [2.24, 2.45) is 0 Å². The van der Waals surface area contributed by atoms with Crippen LogP contribution in [0.1, 0.15) is 23.2 Å². The SMILES string of the molecule is Cc1oc(-c2ccccc2)nc1CCc1noc(CCl)n1. The minimum absolute atomic E-state index is 0.230. The molecule has 2 aromatic heterocycles. The Morgan fingerprint density at radius 2 is 1.90 bits per heavy atom. The predicted octanol–water partition coefficient (Wildman–Crippen LogP) is 3.56. The van der Waals surface area contributed by atoms with E-state index in [0.29, 0.717) is 30.4 Å². The van der Waals surface area contributed by atoms with E-state index in [1.165, 1.54) is 0 Å². The van der Waals surface area contributed by atoms with Gasteiger partial charge in [-0.3, -0.25) is 0 Å². The van der Waals surface area contributed by atoms with Gasteiger partial charge in [-0.25, -0.2) is 4.98 Å². The molecule has 108 valence electrons. The Morgan fingerprint density at radius 1 is 1.10 bits per heavy atom. The van der Waals surface area contributed by atoms with Crippen LogP contribution in [-0.4, -0.2) is 15.1 Å². The molecule has 2 heterocycles. The smallest absolute Gasteiger partial charge is 0.241 e. The van der Waals surface area contributed by atoms with Crippen molar-refractivity contribution in [1.29, 1.82) is 0 Å². The summed E-state index contributed by atoms with van der Waals surface area (Å²) in [6, 6.07) is 9.83. The van der Waals surface area contributed by atoms with Crippen molar-refractivity contribution in [3.8, 4) is 11.5 Å². The van der Waals surface area contributed by atoms with Gasteiger partial charge in [0.1, 0.15) is 11.6 Å². The summed E-state index contributed by atoms with van der Waals surface area (Å²) in [6.45, 7) is 1.91. The van der Waals surface area contributed by atoms with Crippen LogP contribution in [0.3, 0.4) is 0 Å². The lowest BCUT2D eigenvalue weighted by Crippen LogP contribution is -1.95. The first-order valence-corrected chi connectivity index (χ1v) is 7.19. The molecule has 0 saturated carbocycles. The van der Waals surface area contributed by atoms with Crippen molar-refractivity contribution in [3.05, 3.63) is 53.5 Å². The molecule has 0 aliphatic heterocycles. The first-order chi connectivity index (χ1) is 10.3. The molecule has 0 spiro atoms. The molecule has 0 saturated heterocycles. The number of nitrogens with zero attached hydrogens (tertiary/aromatic N) is 3. The highest BCUT2D eigenvalue weighted by Gasteiger charge is 2.13. The first-order valence-electron chi connectivity index (χ1n) is 6.65. The fourth-order valence-corrected chi connectivity index (χ4v) is 2.15. The number of benzene rings is 1. The van der Waals surface area contributed by atoms with Crippen molar-refractivity contribution < 1.29 is 8.94 Å². The van der Waals surface area contributed by atoms with Gasteiger partial charge in [-0.1, -0.05) is 23.4 Å². The number of oxazole rings is 1. The molecule has 0 aliphatic carbocycles. The van der Waals surface area contributed by atoms with Gasteiger partial charge in [-0.05, 0) is 19.1 Å². The van der Waals surface area contributed by atoms with Gasteiger partial charge in [0.05, 0.1) is 5.69 Å². The largest absolute Gasteiger partial charge is 0.441 e. The molecule has 0 amide bonds. The molecule has 0 unspecified atom stereocenters. The van der Waals surface area contributed by atoms with Crippen LogP contribution in [0.25, 0.3) is 11.5 Å². The number of rotatable bonds is 5. The van der Waals surface area contributed by atoms with Crippen LogP contribution >= 0.6 is 11.6 Å². The zero-order chi connectivity index (χ0) is 14.7. The van der Waals surface area contributed by atoms with E-state index in [4.69, 9.17) is 20.5 Å². The van der Waals surface area contributed by atoms with E-state index in [9.17, 15) is 0 Å². The van der Waals surface area contributed by atoms with E-state index in [-0.39, 0.29) is 5.88 Å². The minimum atomic E-state index is 0.230. The summed E-state index contributed by atoms with van der Waals surface area (Å²) in [5, 5.41) is 3.87. The summed E-state index contributed by atoms with van der Waals surface area (Å²) in [4.78, 5) is 8.71. The van der Waals surface area contributed by atoms with Gasteiger partial charge < -0.3 is 8.94 Å². The Bertz CT molecular complexity index is 722. The summed E-state index contributed by atoms with van der Waals surface area (Å²) in [6.07, 6.45) is 1.34. The van der Waals surface area contributed by atoms with Crippen LogP contribution < -0.4 is 0 Å². The van der Waals surface area contributed by atoms with E-state index in [2.05, 4.69) is 15.1 Å². The third-order valence-electron chi connectivity index (χ3n) is 3.12. The second-order valence-electron chi connectivity index (χ2n) is 4.63. The molecular formula is C15H14ClN3O2. The first kappa shape index (κ1) is 13.8. The van der Waals surface area contributed by atoms with Gasteiger partial charge in [0.15, 0.2) is 5.82 Å². The quantitative estimate of drug-likeness (QED) is 0.674. The predicted molar refractivity (Wildman–Crippen MR) is 77.9 cm³/mol. The molecule has 5 nitrogen and oxygen atoms in total. The maximum atomic E-state index is 5.72. The molecule has 0 fully saturated rings. The monoisotopic (exact) mass is 303 g/mol. The van der Waals surface area contributed by atoms with Crippen LogP contribution in [0, 0.1) is 6.92 Å². The Morgan fingerprint density at radius 3 is 2.62 bits per heavy atom. The van der Waals surface area contributed by atoms with Gasteiger partial charge in [-0.15, -0.1) is 11.6 Å². The lowest BCUT2D eigenvalue weighted by atomic mass is 10.2. The summed E-state index contributed by atoms with van der Waals surface area (Å²) in [5.41, 5.74) is 1.88. The Labute approximate surface area is 127 Å². The molecule has 6 heteroatoms.